The van der Waals surface area contributed by atoms with Gasteiger partial charge in [-0.1, -0.05) is 33.6 Å². The molecular weight excluding hydrogens is 240 g/mol. The lowest BCUT2D eigenvalue weighted by Gasteiger charge is -2.38. The van der Waals surface area contributed by atoms with E-state index < -0.39 is 5.97 Å². The van der Waals surface area contributed by atoms with Crippen LogP contribution in [0.4, 0.5) is 0 Å². The second-order valence-electron chi connectivity index (χ2n) is 5.67. The van der Waals surface area contributed by atoms with E-state index in [1.807, 2.05) is 0 Å². The van der Waals surface area contributed by atoms with E-state index in [1.165, 1.54) is 19.4 Å². The van der Waals surface area contributed by atoms with E-state index in [4.69, 9.17) is 5.11 Å². The average Bonchev–Trinajstić information content (AvgIpc) is 2.42. The van der Waals surface area contributed by atoms with Crippen LogP contribution in [0.15, 0.2) is 0 Å². The van der Waals surface area contributed by atoms with Gasteiger partial charge in [0, 0.05) is 12.6 Å². The van der Waals surface area contributed by atoms with Crippen LogP contribution in [0.1, 0.15) is 46.5 Å². The molecule has 0 saturated carbocycles. The van der Waals surface area contributed by atoms with Crippen LogP contribution in [-0.2, 0) is 4.79 Å². The summed E-state index contributed by atoms with van der Waals surface area (Å²) in [7, 11) is 0. The first-order valence-electron chi connectivity index (χ1n) is 7.78. The summed E-state index contributed by atoms with van der Waals surface area (Å²) < 4.78 is 0. The Balaban J connectivity index is 2.36. The number of piperidine rings is 1. The van der Waals surface area contributed by atoms with Gasteiger partial charge >= 0.3 is 5.97 Å². The second kappa shape index (κ2) is 8.54. The van der Waals surface area contributed by atoms with Gasteiger partial charge in [0.15, 0.2) is 0 Å². The number of nitrogens with zero attached hydrogens (tertiary/aromatic N) is 2. The minimum atomic E-state index is -0.707. The minimum absolute atomic E-state index is 0.188. The molecule has 0 spiro atoms. The van der Waals surface area contributed by atoms with E-state index in [0.717, 1.165) is 38.4 Å². The monoisotopic (exact) mass is 270 g/mol. The molecule has 1 heterocycles. The van der Waals surface area contributed by atoms with Crippen molar-refractivity contribution in [3.63, 3.8) is 0 Å². The lowest BCUT2D eigenvalue weighted by molar-refractivity contribution is -0.139. The zero-order valence-corrected chi connectivity index (χ0v) is 12.8. The fraction of sp³-hybridized carbons (Fsp3) is 0.933. The van der Waals surface area contributed by atoms with Crippen molar-refractivity contribution in [3.05, 3.63) is 0 Å². The van der Waals surface area contributed by atoms with Gasteiger partial charge in [-0.15, -0.1) is 0 Å². The number of carboxylic acids is 1. The van der Waals surface area contributed by atoms with E-state index in [2.05, 4.69) is 30.6 Å². The largest absolute Gasteiger partial charge is 0.480 e. The Bertz CT molecular complexity index is 259. The number of hydrogen-bond donors (Lipinski definition) is 1. The fourth-order valence-electron chi connectivity index (χ4n) is 3.05. The normalized spacial score (nSPS) is 18.4. The Labute approximate surface area is 117 Å². The Morgan fingerprint density at radius 2 is 1.84 bits per heavy atom. The predicted octanol–water partition coefficient (Wildman–Crippen LogP) is 2.29. The van der Waals surface area contributed by atoms with Crippen molar-refractivity contribution in [3.8, 4) is 0 Å². The third-order valence-electron chi connectivity index (χ3n) is 4.49. The van der Waals surface area contributed by atoms with Gasteiger partial charge in [0.25, 0.3) is 0 Å². The van der Waals surface area contributed by atoms with E-state index in [9.17, 15) is 4.79 Å². The zero-order chi connectivity index (χ0) is 14.3. The minimum Gasteiger partial charge on any atom is -0.480 e. The van der Waals surface area contributed by atoms with Crippen molar-refractivity contribution in [2.24, 2.45) is 5.92 Å². The summed E-state index contributed by atoms with van der Waals surface area (Å²) in [5.41, 5.74) is 0. The molecule has 0 aromatic heterocycles. The van der Waals surface area contributed by atoms with Gasteiger partial charge < -0.3 is 10.0 Å². The standard InChI is InChI=1S/C15H30N2O2/c1-4-13(5-2)11-16-9-7-14(8-10-16)17(6-3)12-15(18)19/h13-14H,4-12H2,1-3H3,(H,18,19). The van der Waals surface area contributed by atoms with E-state index in [-0.39, 0.29) is 6.54 Å². The molecule has 112 valence electrons. The second-order valence-corrected chi connectivity index (χ2v) is 5.67. The van der Waals surface area contributed by atoms with Crippen molar-refractivity contribution in [2.45, 2.75) is 52.5 Å². The molecule has 4 heteroatoms. The van der Waals surface area contributed by atoms with Crippen LogP contribution in [0.2, 0.25) is 0 Å². The van der Waals surface area contributed by atoms with Crippen LogP contribution in [0, 0.1) is 5.92 Å². The summed E-state index contributed by atoms with van der Waals surface area (Å²) in [6.45, 7) is 11.1. The van der Waals surface area contributed by atoms with Crippen molar-refractivity contribution in [1.82, 2.24) is 9.80 Å². The third kappa shape index (κ3) is 5.49. The van der Waals surface area contributed by atoms with E-state index in [1.54, 1.807) is 0 Å². The molecule has 19 heavy (non-hydrogen) atoms. The number of likely N-dealkylation sites (tertiary alicyclic amines) is 1. The van der Waals surface area contributed by atoms with E-state index in [0.29, 0.717) is 6.04 Å². The van der Waals surface area contributed by atoms with E-state index >= 15 is 0 Å². The summed E-state index contributed by atoms with van der Waals surface area (Å²) in [4.78, 5) is 15.5. The van der Waals surface area contributed by atoms with Gasteiger partial charge in [-0.05, 0) is 38.4 Å². The number of hydrogen-bond acceptors (Lipinski definition) is 3. The van der Waals surface area contributed by atoms with Gasteiger partial charge in [0.1, 0.15) is 0 Å². The first kappa shape index (κ1) is 16.4. The maximum Gasteiger partial charge on any atom is 0.317 e. The van der Waals surface area contributed by atoms with Crippen molar-refractivity contribution < 1.29 is 9.90 Å². The van der Waals surface area contributed by atoms with Gasteiger partial charge in [0.05, 0.1) is 6.54 Å². The molecule has 0 amide bonds. The number of carbonyl (C=O) groups is 1. The number of aliphatic carboxylic acids is 1. The Kier molecular flexibility index (Phi) is 7.39. The van der Waals surface area contributed by atoms with Gasteiger partial charge in [-0.25, -0.2) is 0 Å². The first-order chi connectivity index (χ1) is 9.10. The van der Waals surface area contributed by atoms with Crippen molar-refractivity contribution in [1.29, 1.82) is 0 Å². The highest BCUT2D eigenvalue weighted by Crippen LogP contribution is 2.19. The molecular formula is C15H30N2O2. The molecule has 0 aromatic carbocycles. The van der Waals surface area contributed by atoms with Crippen LogP contribution in [-0.4, -0.2) is 59.6 Å². The predicted molar refractivity (Wildman–Crippen MR) is 78.4 cm³/mol. The maximum atomic E-state index is 10.8. The summed E-state index contributed by atoms with van der Waals surface area (Å²) in [5.74, 6) is 0.110. The quantitative estimate of drug-likeness (QED) is 0.735. The van der Waals surface area contributed by atoms with Crippen LogP contribution in [0.3, 0.4) is 0 Å². The molecule has 1 fully saturated rings. The van der Waals surface area contributed by atoms with Crippen LogP contribution in [0.25, 0.3) is 0 Å². The highest BCUT2D eigenvalue weighted by Gasteiger charge is 2.25. The average molecular weight is 270 g/mol. The molecule has 1 aliphatic rings. The molecule has 0 atom stereocenters. The summed E-state index contributed by atoms with van der Waals surface area (Å²) in [6.07, 6.45) is 4.75. The Morgan fingerprint density at radius 3 is 2.26 bits per heavy atom. The molecule has 1 saturated heterocycles. The van der Waals surface area contributed by atoms with Crippen LogP contribution < -0.4 is 0 Å². The number of carboxylic acid groups (broad SMARTS) is 1. The SMILES string of the molecule is CCC(CC)CN1CCC(N(CC)CC(=O)O)CC1. The summed E-state index contributed by atoms with van der Waals surface area (Å²) in [6, 6.07) is 0.457. The molecule has 1 rings (SSSR count). The molecule has 0 aliphatic carbocycles. The van der Waals surface area contributed by atoms with Crippen LogP contribution in [0.5, 0.6) is 0 Å². The molecule has 0 radical (unpaired) electrons. The van der Waals surface area contributed by atoms with Crippen molar-refractivity contribution in [2.75, 3.05) is 32.7 Å². The molecule has 0 unspecified atom stereocenters. The molecule has 4 nitrogen and oxygen atoms in total. The maximum absolute atomic E-state index is 10.8. The van der Waals surface area contributed by atoms with Gasteiger partial charge in [0.2, 0.25) is 0 Å². The molecule has 0 aromatic rings. The van der Waals surface area contributed by atoms with Gasteiger partial charge in [-0.2, -0.15) is 0 Å². The fourth-order valence-corrected chi connectivity index (χ4v) is 3.05. The molecule has 1 N–H and O–H groups in total. The lowest BCUT2D eigenvalue weighted by Crippen LogP contribution is -2.47. The van der Waals surface area contributed by atoms with Crippen molar-refractivity contribution >= 4 is 5.97 Å². The number of rotatable bonds is 8. The Morgan fingerprint density at radius 1 is 1.26 bits per heavy atom. The highest BCUT2D eigenvalue weighted by atomic mass is 16.4. The summed E-state index contributed by atoms with van der Waals surface area (Å²) in [5, 5.41) is 8.93. The van der Waals surface area contributed by atoms with Crippen LogP contribution >= 0.6 is 0 Å². The van der Waals surface area contributed by atoms with Gasteiger partial charge in [-0.3, -0.25) is 9.69 Å². The molecule has 0 bridgehead atoms. The highest BCUT2D eigenvalue weighted by molar-refractivity contribution is 5.69. The topological polar surface area (TPSA) is 43.8 Å². The summed E-state index contributed by atoms with van der Waals surface area (Å²) >= 11 is 0. The third-order valence-corrected chi connectivity index (χ3v) is 4.49. The smallest absolute Gasteiger partial charge is 0.317 e. The lowest BCUT2D eigenvalue weighted by atomic mass is 9.98. The zero-order valence-electron chi connectivity index (χ0n) is 12.8. The Hall–Kier alpha value is -0.610. The number of likely N-dealkylation sites (N-methyl/N-ethyl adjacent to an activating group) is 1. The first-order valence-corrected chi connectivity index (χ1v) is 7.78. The molecule has 1 aliphatic heterocycles.